The summed E-state index contributed by atoms with van der Waals surface area (Å²) in [5.74, 6) is 0. The molecule has 0 saturated carbocycles. The van der Waals surface area contributed by atoms with Crippen molar-refractivity contribution in [1.29, 1.82) is 0 Å². The quantitative estimate of drug-likeness (QED) is 0.424. The average Bonchev–Trinajstić information content (AvgIpc) is 3.07. The SMILES string of the molecule is C=C/C=c1/sc2c3ccccc3c3[nH]c(=O)c4ccccc4c3c2/c1=C/C. The number of hydrogen-bond donors (Lipinski definition) is 1. The van der Waals surface area contributed by atoms with Gasteiger partial charge < -0.3 is 4.98 Å². The first-order valence-corrected chi connectivity index (χ1v) is 9.73. The zero-order chi connectivity index (χ0) is 18.5. The Labute approximate surface area is 159 Å². The zero-order valence-corrected chi connectivity index (χ0v) is 15.7. The van der Waals surface area contributed by atoms with Gasteiger partial charge in [0.15, 0.2) is 0 Å². The van der Waals surface area contributed by atoms with E-state index in [0.717, 1.165) is 27.1 Å². The van der Waals surface area contributed by atoms with Gasteiger partial charge in [0.2, 0.25) is 0 Å². The van der Waals surface area contributed by atoms with E-state index in [4.69, 9.17) is 0 Å². The van der Waals surface area contributed by atoms with Crippen LogP contribution in [0.15, 0.2) is 66.0 Å². The first kappa shape index (κ1) is 16.0. The largest absolute Gasteiger partial charge is 0.321 e. The van der Waals surface area contributed by atoms with Crippen LogP contribution in [0.2, 0.25) is 0 Å². The van der Waals surface area contributed by atoms with Crippen molar-refractivity contribution < 1.29 is 0 Å². The summed E-state index contributed by atoms with van der Waals surface area (Å²) in [6.07, 6.45) is 6.05. The van der Waals surface area contributed by atoms with Crippen LogP contribution in [0.5, 0.6) is 0 Å². The van der Waals surface area contributed by atoms with Crippen LogP contribution in [-0.2, 0) is 0 Å². The Balaban J connectivity index is 2.31. The van der Waals surface area contributed by atoms with Crippen LogP contribution < -0.4 is 15.3 Å². The molecule has 0 saturated heterocycles. The van der Waals surface area contributed by atoms with Gasteiger partial charge in [-0.1, -0.05) is 61.2 Å². The minimum atomic E-state index is -0.0438. The van der Waals surface area contributed by atoms with Crippen LogP contribution in [0.4, 0.5) is 0 Å². The second kappa shape index (κ2) is 5.93. The number of thiophene rings is 1. The molecule has 0 amide bonds. The van der Waals surface area contributed by atoms with Crippen LogP contribution in [0, 0.1) is 0 Å². The Bertz CT molecular complexity index is 1570. The van der Waals surface area contributed by atoms with Crippen molar-refractivity contribution in [2.75, 3.05) is 0 Å². The van der Waals surface area contributed by atoms with E-state index in [-0.39, 0.29) is 5.56 Å². The first-order chi connectivity index (χ1) is 13.2. The number of rotatable bonds is 1. The van der Waals surface area contributed by atoms with Crippen LogP contribution >= 0.6 is 11.3 Å². The summed E-state index contributed by atoms with van der Waals surface area (Å²) in [5.41, 5.74) is 0.866. The molecular formula is C24H17NOS. The summed E-state index contributed by atoms with van der Waals surface area (Å²) in [5, 5.41) is 7.49. The number of pyridine rings is 1. The van der Waals surface area contributed by atoms with Crippen molar-refractivity contribution in [3.05, 3.63) is 81.3 Å². The lowest BCUT2D eigenvalue weighted by Crippen LogP contribution is -2.18. The highest BCUT2D eigenvalue weighted by Crippen LogP contribution is 2.36. The van der Waals surface area contributed by atoms with Gasteiger partial charge in [-0.05, 0) is 29.7 Å². The highest BCUT2D eigenvalue weighted by atomic mass is 32.1. The Kier molecular flexibility index (Phi) is 3.52. The molecule has 0 atom stereocenters. The number of nitrogens with one attached hydrogen (secondary N) is 1. The van der Waals surface area contributed by atoms with Crippen molar-refractivity contribution in [1.82, 2.24) is 4.98 Å². The highest BCUT2D eigenvalue weighted by Gasteiger charge is 2.16. The maximum absolute atomic E-state index is 12.8. The molecule has 0 aliphatic rings. The zero-order valence-electron chi connectivity index (χ0n) is 14.9. The van der Waals surface area contributed by atoms with Gasteiger partial charge in [0.05, 0.1) is 5.52 Å². The molecule has 3 aromatic carbocycles. The molecular weight excluding hydrogens is 350 g/mol. The van der Waals surface area contributed by atoms with Crippen LogP contribution in [0.25, 0.3) is 54.7 Å². The molecule has 0 bridgehead atoms. The minimum absolute atomic E-state index is 0.0438. The van der Waals surface area contributed by atoms with E-state index >= 15 is 0 Å². The number of aromatic nitrogens is 1. The van der Waals surface area contributed by atoms with Gasteiger partial charge in [0.1, 0.15) is 0 Å². The van der Waals surface area contributed by atoms with Gasteiger partial charge in [-0.25, -0.2) is 0 Å². The number of allylic oxidation sites excluding steroid dienone is 1. The van der Waals surface area contributed by atoms with Crippen LogP contribution in [0.3, 0.4) is 0 Å². The predicted molar refractivity (Wildman–Crippen MR) is 119 cm³/mol. The number of benzene rings is 3. The fraction of sp³-hybridized carbons (Fsp3) is 0.0417. The molecule has 130 valence electrons. The van der Waals surface area contributed by atoms with E-state index < -0.39 is 0 Å². The molecule has 2 aromatic heterocycles. The van der Waals surface area contributed by atoms with Gasteiger partial charge in [-0.3, -0.25) is 4.79 Å². The number of hydrogen-bond acceptors (Lipinski definition) is 2. The standard InChI is InChI=1S/C24H17NOS/c1-3-9-19-14(4-2)21-20-15-10-5-8-13-18(15)24(26)25-22(20)16-11-6-7-12-17(16)23(21)27-19/h3-13H,1H2,2H3,(H,25,26)/b14-4+,19-9+. The van der Waals surface area contributed by atoms with E-state index in [1.165, 1.54) is 25.2 Å². The Morgan fingerprint density at radius 3 is 2.30 bits per heavy atom. The fourth-order valence-electron chi connectivity index (χ4n) is 4.05. The minimum Gasteiger partial charge on any atom is -0.321 e. The molecule has 27 heavy (non-hydrogen) atoms. The lowest BCUT2D eigenvalue weighted by molar-refractivity contribution is 1.36. The maximum atomic E-state index is 12.8. The predicted octanol–water partition coefficient (Wildman–Crippen LogP) is 4.82. The Morgan fingerprint density at radius 1 is 0.926 bits per heavy atom. The molecule has 0 aliphatic carbocycles. The van der Waals surface area contributed by atoms with Gasteiger partial charge in [-0.2, -0.15) is 0 Å². The van der Waals surface area contributed by atoms with Crippen molar-refractivity contribution in [3.8, 4) is 0 Å². The average molecular weight is 367 g/mol. The Morgan fingerprint density at radius 2 is 1.59 bits per heavy atom. The topological polar surface area (TPSA) is 32.9 Å². The summed E-state index contributed by atoms with van der Waals surface area (Å²) in [6.45, 7) is 5.94. The maximum Gasteiger partial charge on any atom is 0.256 e. The van der Waals surface area contributed by atoms with Gasteiger partial charge in [-0.15, -0.1) is 11.3 Å². The molecule has 0 spiro atoms. The first-order valence-electron chi connectivity index (χ1n) is 8.91. The molecule has 2 heterocycles. The Hall–Kier alpha value is -3.17. The van der Waals surface area contributed by atoms with Crippen LogP contribution in [0.1, 0.15) is 6.92 Å². The van der Waals surface area contributed by atoms with E-state index in [2.05, 4.69) is 54.9 Å². The summed E-state index contributed by atoms with van der Waals surface area (Å²) < 4.78 is 2.44. The molecule has 5 rings (SSSR count). The summed E-state index contributed by atoms with van der Waals surface area (Å²) in [4.78, 5) is 15.9. The highest BCUT2D eigenvalue weighted by molar-refractivity contribution is 7.18. The third-order valence-corrected chi connectivity index (χ3v) is 6.36. The third-order valence-electron chi connectivity index (χ3n) is 5.15. The smallest absolute Gasteiger partial charge is 0.256 e. The summed E-state index contributed by atoms with van der Waals surface area (Å²) in [6, 6.07) is 16.2. The molecule has 2 nitrogen and oxygen atoms in total. The van der Waals surface area contributed by atoms with Crippen molar-refractivity contribution in [2.45, 2.75) is 6.92 Å². The molecule has 1 N–H and O–H groups in total. The van der Waals surface area contributed by atoms with Crippen molar-refractivity contribution in [3.63, 3.8) is 0 Å². The number of H-pyrrole nitrogens is 1. The molecule has 3 heteroatoms. The van der Waals surface area contributed by atoms with E-state index in [1.807, 2.05) is 30.3 Å². The molecule has 0 fully saturated rings. The van der Waals surface area contributed by atoms with Crippen molar-refractivity contribution in [2.24, 2.45) is 0 Å². The lowest BCUT2D eigenvalue weighted by atomic mass is 9.97. The van der Waals surface area contributed by atoms with Gasteiger partial charge >= 0.3 is 0 Å². The van der Waals surface area contributed by atoms with Crippen LogP contribution in [-0.4, -0.2) is 4.98 Å². The van der Waals surface area contributed by atoms with Crippen molar-refractivity contribution >= 4 is 66.0 Å². The number of aromatic amines is 1. The second-order valence-corrected chi connectivity index (χ2v) is 7.62. The van der Waals surface area contributed by atoms with E-state index in [9.17, 15) is 4.79 Å². The summed E-state index contributed by atoms with van der Waals surface area (Å²) >= 11 is 1.78. The van der Waals surface area contributed by atoms with Gasteiger partial charge in [0, 0.05) is 36.2 Å². The second-order valence-electron chi connectivity index (χ2n) is 6.57. The molecule has 0 aliphatic heterocycles. The number of fused-ring (bicyclic) bond motifs is 8. The summed E-state index contributed by atoms with van der Waals surface area (Å²) in [7, 11) is 0. The normalized spacial score (nSPS) is 13.4. The monoisotopic (exact) mass is 367 g/mol. The fourth-order valence-corrected chi connectivity index (χ4v) is 5.37. The van der Waals surface area contributed by atoms with E-state index in [1.54, 1.807) is 11.3 Å². The van der Waals surface area contributed by atoms with E-state index in [0.29, 0.717) is 0 Å². The molecule has 5 aromatic rings. The lowest BCUT2D eigenvalue weighted by Gasteiger charge is -2.10. The molecule has 0 unspecified atom stereocenters. The van der Waals surface area contributed by atoms with Gasteiger partial charge in [0.25, 0.3) is 5.56 Å². The third kappa shape index (κ3) is 2.15. The molecule has 0 radical (unpaired) electrons.